The van der Waals surface area contributed by atoms with Crippen LogP contribution in [0.3, 0.4) is 0 Å². The van der Waals surface area contributed by atoms with Crippen LogP contribution in [0.1, 0.15) is 49.3 Å². The first-order valence-electron chi connectivity index (χ1n) is 14.1. The lowest BCUT2D eigenvalue weighted by Crippen LogP contribution is -2.52. The van der Waals surface area contributed by atoms with E-state index in [-0.39, 0.29) is 23.4 Å². The molecule has 1 N–H and O–H groups in total. The quantitative estimate of drug-likeness (QED) is 0.284. The zero-order valence-electron chi connectivity index (χ0n) is 24.5. The maximum Gasteiger partial charge on any atom is 0.264 e. The van der Waals surface area contributed by atoms with E-state index in [4.69, 9.17) is 4.74 Å². The summed E-state index contributed by atoms with van der Waals surface area (Å²) in [6.45, 7) is 5.24. The minimum absolute atomic E-state index is 0.000953. The number of carbonyl (C=O) groups is 2. The minimum Gasteiger partial charge on any atom is -0.496 e. The average molecular weight is 657 g/mol. The summed E-state index contributed by atoms with van der Waals surface area (Å²) in [5, 5.41) is 3.10. The van der Waals surface area contributed by atoms with Gasteiger partial charge < -0.3 is 15.0 Å². The first-order valence-corrected chi connectivity index (χ1v) is 16.3. The van der Waals surface area contributed by atoms with E-state index in [1.54, 1.807) is 37.3 Å². The Hall–Kier alpha value is -3.37. The minimum atomic E-state index is -4.19. The van der Waals surface area contributed by atoms with Crippen molar-refractivity contribution >= 4 is 43.5 Å². The molecule has 1 aliphatic rings. The first kappa shape index (κ1) is 31.6. The maximum atomic E-state index is 14.1. The number of carbonyl (C=O) groups excluding carboxylic acids is 2. The molecule has 4 rings (SSSR count). The molecule has 1 fully saturated rings. The van der Waals surface area contributed by atoms with E-state index in [0.29, 0.717) is 15.9 Å². The standard InChI is InChI=1S/C32H38BrN3O5S/c1-22-13-15-27(16-14-22)36(42(39,40)28-17-18-30(41-4)29(33)19-28)21-31(37)35(20-25-10-6-5-9-23(25)2)24(3)32(38)34-26-11-7-8-12-26/h5-6,9-10,13-19,24,26H,7-8,11-12,20-21H2,1-4H3,(H,34,38)/t24-/m1/s1. The molecule has 42 heavy (non-hydrogen) atoms. The SMILES string of the molecule is COc1ccc(S(=O)(=O)N(CC(=O)N(Cc2ccccc2C)[C@H](C)C(=O)NC2CCCC2)c2ccc(C)cc2)cc1Br. The van der Waals surface area contributed by atoms with Crippen molar-refractivity contribution in [2.24, 2.45) is 0 Å². The van der Waals surface area contributed by atoms with Crippen LogP contribution in [-0.2, 0) is 26.2 Å². The largest absolute Gasteiger partial charge is 0.496 e. The maximum absolute atomic E-state index is 14.1. The Kier molecular flexibility index (Phi) is 10.3. The molecular formula is C32H38BrN3O5S. The van der Waals surface area contributed by atoms with Crippen molar-refractivity contribution in [3.05, 3.63) is 87.9 Å². The van der Waals surface area contributed by atoms with Crippen molar-refractivity contribution in [3.8, 4) is 5.75 Å². The van der Waals surface area contributed by atoms with Crippen LogP contribution in [0.4, 0.5) is 5.69 Å². The lowest BCUT2D eigenvalue weighted by Gasteiger charge is -2.33. The average Bonchev–Trinajstić information content (AvgIpc) is 3.48. The van der Waals surface area contributed by atoms with Crippen LogP contribution in [-0.4, -0.2) is 50.9 Å². The molecule has 0 bridgehead atoms. The number of amides is 2. The Morgan fingerprint density at radius 3 is 2.31 bits per heavy atom. The van der Waals surface area contributed by atoms with Crippen molar-refractivity contribution < 1.29 is 22.7 Å². The summed E-state index contributed by atoms with van der Waals surface area (Å²) < 4.78 is 35.0. The molecule has 224 valence electrons. The highest BCUT2D eigenvalue weighted by molar-refractivity contribution is 9.10. The number of sulfonamides is 1. The summed E-state index contributed by atoms with van der Waals surface area (Å²) >= 11 is 3.38. The third-order valence-corrected chi connectivity index (χ3v) is 10.2. The van der Waals surface area contributed by atoms with Gasteiger partial charge in [-0.15, -0.1) is 0 Å². The second-order valence-corrected chi connectivity index (χ2v) is 13.5. The predicted octanol–water partition coefficient (Wildman–Crippen LogP) is 5.75. The van der Waals surface area contributed by atoms with Crippen molar-refractivity contribution in [3.63, 3.8) is 0 Å². The molecule has 0 radical (unpaired) electrons. The molecule has 0 heterocycles. The molecule has 0 spiro atoms. The number of benzene rings is 3. The van der Waals surface area contributed by atoms with Gasteiger partial charge in [0, 0.05) is 12.6 Å². The molecule has 0 aliphatic heterocycles. The van der Waals surface area contributed by atoms with Crippen LogP contribution in [0.2, 0.25) is 0 Å². The van der Waals surface area contributed by atoms with Gasteiger partial charge in [0.05, 0.1) is 22.2 Å². The summed E-state index contributed by atoms with van der Waals surface area (Å²) in [6, 6.07) is 18.4. The molecule has 1 atom stereocenters. The highest BCUT2D eigenvalue weighted by Crippen LogP contribution is 2.31. The fourth-order valence-corrected chi connectivity index (χ4v) is 7.25. The van der Waals surface area contributed by atoms with E-state index in [0.717, 1.165) is 46.7 Å². The van der Waals surface area contributed by atoms with Gasteiger partial charge in [0.2, 0.25) is 11.8 Å². The second-order valence-electron chi connectivity index (χ2n) is 10.8. The number of halogens is 1. The fraction of sp³-hybridized carbons (Fsp3) is 0.375. The van der Waals surface area contributed by atoms with Gasteiger partial charge in [0.1, 0.15) is 18.3 Å². The van der Waals surface area contributed by atoms with Gasteiger partial charge in [-0.2, -0.15) is 0 Å². The summed E-state index contributed by atoms with van der Waals surface area (Å²) in [6.07, 6.45) is 3.97. The Bertz CT molecular complexity index is 1520. The molecule has 8 nitrogen and oxygen atoms in total. The monoisotopic (exact) mass is 655 g/mol. The lowest BCUT2D eigenvalue weighted by molar-refractivity contribution is -0.139. The zero-order chi connectivity index (χ0) is 30.4. The van der Waals surface area contributed by atoms with Gasteiger partial charge in [0.25, 0.3) is 10.0 Å². The fourth-order valence-electron chi connectivity index (χ4n) is 5.12. The highest BCUT2D eigenvalue weighted by Gasteiger charge is 2.33. The summed E-state index contributed by atoms with van der Waals surface area (Å²) in [5.74, 6) is -0.241. The molecule has 3 aromatic carbocycles. The predicted molar refractivity (Wildman–Crippen MR) is 168 cm³/mol. The smallest absolute Gasteiger partial charge is 0.264 e. The molecule has 0 saturated heterocycles. The number of hydrogen-bond acceptors (Lipinski definition) is 5. The molecule has 1 saturated carbocycles. The Morgan fingerprint density at radius 1 is 1.02 bits per heavy atom. The molecule has 0 aromatic heterocycles. The molecule has 10 heteroatoms. The normalized spacial score (nSPS) is 14.3. The Morgan fingerprint density at radius 2 is 1.69 bits per heavy atom. The van der Waals surface area contributed by atoms with E-state index < -0.39 is 28.5 Å². The number of nitrogens with zero attached hydrogens (tertiary/aromatic N) is 2. The van der Waals surface area contributed by atoms with E-state index >= 15 is 0 Å². The van der Waals surface area contributed by atoms with Gasteiger partial charge in [-0.3, -0.25) is 13.9 Å². The summed E-state index contributed by atoms with van der Waals surface area (Å²) in [4.78, 5) is 29.0. The van der Waals surface area contributed by atoms with Gasteiger partial charge in [-0.1, -0.05) is 54.8 Å². The number of rotatable bonds is 11. The molecule has 2 amide bonds. The number of anilines is 1. The number of ether oxygens (including phenoxy) is 1. The number of hydrogen-bond donors (Lipinski definition) is 1. The number of nitrogens with one attached hydrogen (secondary N) is 1. The van der Waals surface area contributed by atoms with E-state index in [1.807, 2.05) is 38.1 Å². The Labute approximate surface area is 257 Å². The van der Waals surface area contributed by atoms with Crippen LogP contribution in [0, 0.1) is 13.8 Å². The van der Waals surface area contributed by atoms with E-state index in [1.165, 1.54) is 24.1 Å². The van der Waals surface area contributed by atoms with Gasteiger partial charge in [0.15, 0.2) is 0 Å². The molecule has 0 unspecified atom stereocenters. The molecule has 3 aromatic rings. The molecular weight excluding hydrogens is 618 g/mol. The topological polar surface area (TPSA) is 96.0 Å². The number of aryl methyl sites for hydroxylation is 2. The third-order valence-electron chi connectivity index (χ3n) is 7.78. The summed E-state index contributed by atoms with van der Waals surface area (Å²) in [5.41, 5.74) is 3.16. The van der Waals surface area contributed by atoms with Crippen molar-refractivity contribution in [2.75, 3.05) is 18.0 Å². The van der Waals surface area contributed by atoms with Crippen LogP contribution in [0.25, 0.3) is 0 Å². The summed E-state index contributed by atoms with van der Waals surface area (Å²) in [7, 11) is -2.69. The Balaban J connectivity index is 1.71. The van der Waals surface area contributed by atoms with E-state index in [9.17, 15) is 18.0 Å². The number of methoxy groups -OCH3 is 1. The third kappa shape index (κ3) is 7.33. The zero-order valence-corrected chi connectivity index (χ0v) is 26.9. The highest BCUT2D eigenvalue weighted by atomic mass is 79.9. The van der Waals surface area contributed by atoms with Crippen LogP contribution in [0.5, 0.6) is 5.75 Å². The second kappa shape index (κ2) is 13.7. The van der Waals surface area contributed by atoms with Crippen LogP contribution >= 0.6 is 15.9 Å². The van der Waals surface area contributed by atoms with Gasteiger partial charge >= 0.3 is 0 Å². The van der Waals surface area contributed by atoms with Crippen molar-refractivity contribution in [2.45, 2.75) is 70.0 Å². The van der Waals surface area contributed by atoms with Gasteiger partial charge in [-0.05, 0) is 91.0 Å². The van der Waals surface area contributed by atoms with E-state index in [2.05, 4.69) is 21.2 Å². The van der Waals surface area contributed by atoms with Gasteiger partial charge in [-0.25, -0.2) is 8.42 Å². The molecule has 1 aliphatic carbocycles. The first-order chi connectivity index (χ1) is 20.0. The van der Waals surface area contributed by atoms with Crippen LogP contribution in [0.15, 0.2) is 76.1 Å². The van der Waals surface area contributed by atoms with Crippen molar-refractivity contribution in [1.29, 1.82) is 0 Å². The lowest BCUT2D eigenvalue weighted by atomic mass is 10.1. The van der Waals surface area contributed by atoms with Crippen molar-refractivity contribution in [1.82, 2.24) is 10.2 Å². The van der Waals surface area contributed by atoms with Crippen LogP contribution < -0.4 is 14.4 Å².